The van der Waals surface area contributed by atoms with E-state index in [1.165, 1.54) is 0 Å². The third-order valence-corrected chi connectivity index (χ3v) is 3.13. The monoisotopic (exact) mass is 242 g/mol. The molecule has 0 aromatic heterocycles. The highest BCUT2D eigenvalue weighted by Gasteiger charge is 2.26. The number of urea groups is 1. The van der Waals surface area contributed by atoms with E-state index < -0.39 is 5.97 Å². The Kier molecular flexibility index (Phi) is 5.25. The van der Waals surface area contributed by atoms with Gasteiger partial charge in [-0.15, -0.1) is 0 Å². The van der Waals surface area contributed by atoms with Crippen molar-refractivity contribution in [2.45, 2.75) is 33.1 Å². The highest BCUT2D eigenvalue weighted by atomic mass is 16.4. The summed E-state index contributed by atoms with van der Waals surface area (Å²) in [4.78, 5) is 24.2. The minimum Gasteiger partial charge on any atom is -0.481 e. The summed E-state index contributed by atoms with van der Waals surface area (Å²) in [7, 11) is 0. The molecule has 0 bridgehead atoms. The molecule has 5 heteroatoms. The van der Waals surface area contributed by atoms with Crippen molar-refractivity contribution >= 4 is 12.0 Å². The second-order valence-electron chi connectivity index (χ2n) is 5.01. The van der Waals surface area contributed by atoms with E-state index in [-0.39, 0.29) is 11.9 Å². The fourth-order valence-corrected chi connectivity index (χ4v) is 1.91. The number of likely N-dealkylation sites (tertiary alicyclic amines) is 1. The average molecular weight is 242 g/mol. The predicted octanol–water partition coefficient (Wildman–Crippen LogP) is 1.54. The lowest BCUT2D eigenvalue weighted by Crippen LogP contribution is -2.45. The number of amides is 2. The van der Waals surface area contributed by atoms with E-state index in [9.17, 15) is 9.59 Å². The maximum atomic E-state index is 11.7. The first-order valence-corrected chi connectivity index (χ1v) is 6.26. The maximum Gasteiger partial charge on any atom is 0.317 e. The van der Waals surface area contributed by atoms with Crippen molar-refractivity contribution < 1.29 is 14.7 Å². The fraction of sp³-hybridized carbons (Fsp3) is 0.833. The van der Waals surface area contributed by atoms with Crippen LogP contribution in [0.1, 0.15) is 33.1 Å². The summed E-state index contributed by atoms with van der Waals surface area (Å²) < 4.78 is 0. The van der Waals surface area contributed by atoms with Gasteiger partial charge in [0.2, 0.25) is 0 Å². The molecular weight excluding hydrogens is 220 g/mol. The van der Waals surface area contributed by atoms with Crippen LogP contribution in [-0.2, 0) is 4.79 Å². The van der Waals surface area contributed by atoms with E-state index in [1.807, 2.05) is 0 Å². The van der Waals surface area contributed by atoms with E-state index >= 15 is 0 Å². The third kappa shape index (κ3) is 4.63. The van der Waals surface area contributed by atoms with Crippen LogP contribution in [0.3, 0.4) is 0 Å². The molecule has 1 rings (SSSR count). The number of carbonyl (C=O) groups is 2. The van der Waals surface area contributed by atoms with E-state index in [4.69, 9.17) is 5.11 Å². The van der Waals surface area contributed by atoms with Gasteiger partial charge in [0, 0.05) is 19.6 Å². The summed E-state index contributed by atoms with van der Waals surface area (Å²) >= 11 is 0. The van der Waals surface area contributed by atoms with Crippen LogP contribution in [0.5, 0.6) is 0 Å². The van der Waals surface area contributed by atoms with Crippen molar-refractivity contribution in [1.82, 2.24) is 10.2 Å². The van der Waals surface area contributed by atoms with E-state index in [0.29, 0.717) is 38.4 Å². The molecule has 1 aliphatic rings. The van der Waals surface area contributed by atoms with Gasteiger partial charge in [-0.2, -0.15) is 0 Å². The number of rotatable bonds is 4. The lowest BCUT2D eigenvalue weighted by Gasteiger charge is -2.30. The first kappa shape index (κ1) is 13.8. The molecular formula is C12H22N2O3. The Morgan fingerprint density at radius 1 is 1.35 bits per heavy atom. The number of carboxylic acids is 1. The number of nitrogens with zero attached hydrogens (tertiary/aromatic N) is 1. The number of aliphatic carboxylic acids is 1. The van der Waals surface area contributed by atoms with E-state index in [2.05, 4.69) is 19.2 Å². The Morgan fingerprint density at radius 3 is 2.41 bits per heavy atom. The molecule has 0 saturated carbocycles. The normalized spacial score (nSPS) is 17.2. The minimum atomic E-state index is -0.745. The fourth-order valence-electron chi connectivity index (χ4n) is 1.91. The summed E-state index contributed by atoms with van der Waals surface area (Å²) in [6.45, 7) is 6.01. The van der Waals surface area contributed by atoms with Gasteiger partial charge in [0.15, 0.2) is 0 Å². The molecule has 0 aliphatic carbocycles. The molecule has 1 heterocycles. The number of carboxylic acid groups (broad SMARTS) is 1. The summed E-state index contributed by atoms with van der Waals surface area (Å²) in [5.74, 6) is -0.451. The topological polar surface area (TPSA) is 69.6 Å². The van der Waals surface area contributed by atoms with Gasteiger partial charge in [-0.25, -0.2) is 4.79 Å². The summed E-state index contributed by atoms with van der Waals surface area (Å²) in [6.07, 6.45) is 2.09. The molecule has 0 aromatic carbocycles. The van der Waals surface area contributed by atoms with Gasteiger partial charge in [0.1, 0.15) is 0 Å². The van der Waals surface area contributed by atoms with Crippen LogP contribution in [-0.4, -0.2) is 41.6 Å². The Morgan fingerprint density at radius 2 is 1.94 bits per heavy atom. The Hall–Kier alpha value is -1.26. The number of hydrogen-bond donors (Lipinski definition) is 2. The molecule has 0 radical (unpaired) electrons. The number of hydrogen-bond acceptors (Lipinski definition) is 2. The Balaban J connectivity index is 2.24. The quantitative estimate of drug-likeness (QED) is 0.785. The minimum absolute atomic E-state index is 0.0607. The lowest BCUT2D eigenvalue weighted by molar-refractivity contribution is -0.143. The molecule has 17 heavy (non-hydrogen) atoms. The van der Waals surface area contributed by atoms with Gasteiger partial charge >= 0.3 is 12.0 Å². The van der Waals surface area contributed by atoms with Crippen LogP contribution in [0.4, 0.5) is 4.79 Å². The van der Waals surface area contributed by atoms with Crippen LogP contribution in [0.15, 0.2) is 0 Å². The van der Waals surface area contributed by atoms with Crippen LogP contribution in [0.25, 0.3) is 0 Å². The molecule has 2 amide bonds. The van der Waals surface area contributed by atoms with E-state index in [1.54, 1.807) is 4.90 Å². The first-order valence-electron chi connectivity index (χ1n) is 6.26. The van der Waals surface area contributed by atoms with Crippen LogP contribution >= 0.6 is 0 Å². The van der Waals surface area contributed by atoms with Gasteiger partial charge in [-0.05, 0) is 25.2 Å². The summed E-state index contributed by atoms with van der Waals surface area (Å²) in [5.41, 5.74) is 0. The maximum absolute atomic E-state index is 11.7. The van der Waals surface area contributed by atoms with Crippen molar-refractivity contribution in [1.29, 1.82) is 0 Å². The third-order valence-electron chi connectivity index (χ3n) is 3.13. The molecule has 0 spiro atoms. The summed E-state index contributed by atoms with van der Waals surface area (Å²) in [6, 6.07) is -0.0607. The van der Waals surface area contributed by atoms with Gasteiger partial charge < -0.3 is 15.3 Å². The second-order valence-corrected chi connectivity index (χ2v) is 5.01. The SMILES string of the molecule is CC(C)CCNC(=O)N1CCC(C(=O)O)CC1. The summed E-state index contributed by atoms with van der Waals surface area (Å²) in [5, 5.41) is 11.7. The zero-order chi connectivity index (χ0) is 12.8. The molecule has 0 unspecified atom stereocenters. The molecule has 1 aliphatic heterocycles. The van der Waals surface area contributed by atoms with Crippen molar-refractivity contribution in [3.05, 3.63) is 0 Å². The zero-order valence-electron chi connectivity index (χ0n) is 10.6. The zero-order valence-corrected chi connectivity index (χ0v) is 10.6. The average Bonchev–Trinajstić information content (AvgIpc) is 2.28. The number of piperidine rings is 1. The van der Waals surface area contributed by atoms with Crippen molar-refractivity contribution in [3.8, 4) is 0 Å². The first-order chi connectivity index (χ1) is 8.00. The molecule has 0 atom stereocenters. The highest BCUT2D eigenvalue weighted by Crippen LogP contribution is 2.17. The van der Waals surface area contributed by atoms with Crippen molar-refractivity contribution in [2.75, 3.05) is 19.6 Å². The Bertz CT molecular complexity index is 271. The lowest BCUT2D eigenvalue weighted by atomic mass is 9.97. The molecule has 2 N–H and O–H groups in total. The van der Waals surface area contributed by atoms with Crippen LogP contribution < -0.4 is 5.32 Å². The van der Waals surface area contributed by atoms with Gasteiger partial charge in [-0.1, -0.05) is 13.8 Å². The predicted molar refractivity (Wildman–Crippen MR) is 64.8 cm³/mol. The smallest absolute Gasteiger partial charge is 0.317 e. The Labute approximate surface area is 102 Å². The number of nitrogens with one attached hydrogen (secondary N) is 1. The van der Waals surface area contributed by atoms with Crippen LogP contribution in [0.2, 0.25) is 0 Å². The van der Waals surface area contributed by atoms with Crippen molar-refractivity contribution in [2.24, 2.45) is 11.8 Å². The molecule has 0 aromatic rings. The van der Waals surface area contributed by atoms with Crippen molar-refractivity contribution in [3.63, 3.8) is 0 Å². The van der Waals surface area contributed by atoms with Gasteiger partial charge in [-0.3, -0.25) is 4.79 Å². The van der Waals surface area contributed by atoms with Crippen LogP contribution in [0, 0.1) is 11.8 Å². The molecule has 1 saturated heterocycles. The standard InChI is InChI=1S/C12H22N2O3/c1-9(2)3-6-13-12(17)14-7-4-10(5-8-14)11(15)16/h9-10H,3-8H2,1-2H3,(H,13,17)(H,15,16). The molecule has 5 nitrogen and oxygen atoms in total. The number of carbonyl (C=O) groups excluding carboxylic acids is 1. The van der Waals surface area contributed by atoms with Gasteiger partial charge in [0.05, 0.1) is 5.92 Å². The van der Waals surface area contributed by atoms with Gasteiger partial charge in [0.25, 0.3) is 0 Å². The van der Waals surface area contributed by atoms with E-state index in [0.717, 1.165) is 6.42 Å². The highest BCUT2D eigenvalue weighted by molar-refractivity contribution is 5.75. The largest absolute Gasteiger partial charge is 0.481 e. The molecule has 98 valence electrons. The molecule has 1 fully saturated rings. The second kappa shape index (κ2) is 6.47.